The van der Waals surface area contributed by atoms with E-state index in [1.807, 2.05) is 0 Å². The van der Waals surface area contributed by atoms with E-state index in [9.17, 15) is 8.78 Å². The van der Waals surface area contributed by atoms with Crippen LogP contribution in [0, 0.1) is 11.6 Å². The number of aromatic nitrogens is 3. The maximum absolute atomic E-state index is 13.2. The number of hydrogen-bond acceptors (Lipinski definition) is 5. The standard InChI is InChI=1S/C9H5ClF2N4O/c10-7-14-8(13)16-9(15-7)17-6-3-4(11)1-2-5(6)12/h1-3H,(H2,13,14,15,16). The van der Waals surface area contributed by atoms with Gasteiger partial charge in [0, 0.05) is 6.07 Å². The second-order valence-corrected chi connectivity index (χ2v) is 3.26. The summed E-state index contributed by atoms with van der Waals surface area (Å²) < 4.78 is 31.0. The van der Waals surface area contributed by atoms with Crippen molar-refractivity contribution in [1.82, 2.24) is 15.0 Å². The maximum Gasteiger partial charge on any atom is 0.328 e. The zero-order chi connectivity index (χ0) is 12.4. The first-order valence-corrected chi connectivity index (χ1v) is 4.72. The first-order chi connectivity index (χ1) is 8.04. The molecule has 88 valence electrons. The van der Waals surface area contributed by atoms with Crippen LogP contribution in [0.15, 0.2) is 18.2 Å². The van der Waals surface area contributed by atoms with Gasteiger partial charge in [-0.15, -0.1) is 0 Å². The molecule has 0 radical (unpaired) electrons. The summed E-state index contributed by atoms with van der Waals surface area (Å²) in [5, 5.41) is -0.204. The molecule has 0 aliphatic heterocycles. The highest BCUT2D eigenvalue weighted by Crippen LogP contribution is 2.23. The van der Waals surface area contributed by atoms with Crippen molar-refractivity contribution in [3.63, 3.8) is 0 Å². The molecule has 0 saturated heterocycles. The summed E-state index contributed by atoms with van der Waals surface area (Å²) >= 11 is 5.50. The lowest BCUT2D eigenvalue weighted by atomic mass is 10.3. The second kappa shape index (κ2) is 4.46. The van der Waals surface area contributed by atoms with Gasteiger partial charge in [0.1, 0.15) is 5.82 Å². The van der Waals surface area contributed by atoms with Crippen molar-refractivity contribution in [2.24, 2.45) is 0 Å². The zero-order valence-corrected chi connectivity index (χ0v) is 8.95. The lowest BCUT2D eigenvalue weighted by molar-refractivity contribution is 0.406. The molecule has 0 saturated carbocycles. The minimum atomic E-state index is -0.762. The number of nitrogens with zero attached hydrogens (tertiary/aromatic N) is 3. The van der Waals surface area contributed by atoms with Crippen molar-refractivity contribution in [2.75, 3.05) is 5.73 Å². The highest BCUT2D eigenvalue weighted by atomic mass is 35.5. The molecule has 0 aliphatic rings. The van der Waals surface area contributed by atoms with Crippen LogP contribution >= 0.6 is 11.6 Å². The fraction of sp³-hybridized carbons (Fsp3) is 0. The quantitative estimate of drug-likeness (QED) is 0.894. The number of anilines is 1. The van der Waals surface area contributed by atoms with Gasteiger partial charge in [0.25, 0.3) is 0 Å². The third kappa shape index (κ3) is 2.76. The highest BCUT2D eigenvalue weighted by molar-refractivity contribution is 6.28. The van der Waals surface area contributed by atoms with Crippen LogP contribution in [-0.2, 0) is 0 Å². The van der Waals surface area contributed by atoms with Gasteiger partial charge in [-0.25, -0.2) is 8.78 Å². The Kier molecular flexibility index (Phi) is 3.01. The summed E-state index contributed by atoms with van der Waals surface area (Å²) in [4.78, 5) is 10.6. The van der Waals surface area contributed by atoms with E-state index in [-0.39, 0.29) is 23.0 Å². The molecule has 0 bridgehead atoms. The Hall–Kier alpha value is -2.02. The van der Waals surface area contributed by atoms with Crippen LogP contribution in [0.1, 0.15) is 0 Å². The van der Waals surface area contributed by atoms with Crippen molar-refractivity contribution in [3.05, 3.63) is 35.1 Å². The van der Waals surface area contributed by atoms with Crippen molar-refractivity contribution >= 4 is 17.5 Å². The molecule has 1 aromatic heterocycles. The first kappa shape index (κ1) is 11.5. The fourth-order valence-corrected chi connectivity index (χ4v) is 1.20. The van der Waals surface area contributed by atoms with Crippen LogP contribution < -0.4 is 10.5 Å². The molecule has 0 fully saturated rings. The van der Waals surface area contributed by atoms with Crippen molar-refractivity contribution in [1.29, 1.82) is 0 Å². The summed E-state index contributed by atoms with van der Waals surface area (Å²) in [7, 11) is 0. The predicted octanol–water partition coefficient (Wildman–Crippen LogP) is 2.18. The van der Waals surface area contributed by atoms with E-state index >= 15 is 0 Å². The molecule has 0 atom stereocenters. The van der Waals surface area contributed by atoms with E-state index in [2.05, 4.69) is 15.0 Å². The number of rotatable bonds is 2. The molecule has 1 heterocycles. The molecule has 8 heteroatoms. The lowest BCUT2D eigenvalue weighted by Crippen LogP contribution is -2.01. The molecule has 2 rings (SSSR count). The average Bonchev–Trinajstić information content (AvgIpc) is 2.22. The van der Waals surface area contributed by atoms with Gasteiger partial charge in [-0.2, -0.15) is 15.0 Å². The smallest absolute Gasteiger partial charge is 0.328 e. The number of nitrogen functional groups attached to an aromatic ring is 1. The third-order valence-corrected chi connectivity index (χ3v) is 1.87. The molecule has 0 spiro atoms. The number of hydrogen-bond donors (Lipinski definition) is 1. The van der Waals surface area contributed by atoms with E-state index in [1.54, 1.807) is 0 Å². The largest absolute Gasteiger partial charge is 0.421 e. The molecule has 1 aromatic carbocycles. The van der Waals surface area contributed by atoms with Crippen molar-refractivity contribution < 1.29 is 13.5 Å². The SMILES string of the molecule is Nc1nc(Cl)nc(Oc2cc(F)ccc2F)n1. The van der Waals surface area contributed by atoms with Gasteiger partial charge in [0.05, 0.1) is 0 Å². The van der Waals surface area contributed by atoms with E-state index in [0.717, 1.165) is 18.2 Å². The maximum atomic E-state index is 13.2. The Balaban J connectivity index is 2.34. The van der Waals surface area contributed by atoms with E-state index in [1.165, 1.54) is 0 Å². The molecule has 17 heavy (non-hydrogen) atoms. The summed E-state index contributed by atoms with van der Waals surface area (Å²) in [5.74, 6) is -1.97. The Morgan fingerprint density at radius 3 is 2.65 bits per heavy atom. The van der Waals surface area contributed by atoms with Crippen LogP contribution in [0.4, 0.5) is 14.7 Å². The van der Waals surface area contributed by atoms with Crippen LogP contribution in [0.2, 0.25) is 5.28 Å². The van der Waals surface area contributed by atoms with Gasteiger partial charge in [-0.05, 0) is 23.7 Å². The zero-order valence-electron chi connectivity index (χ0n) is 8.19. The summed E-state index contributed by atoms with van der Waals surface area (Å²) in [6.45, 7) is 0. The topological polar surface area (TPSA) is 73.9 Å². The summed E-state index contributed by atoms with van der Waals surface area (Å²) in [6, 6.07) is 2.41. The molecular formula is C9H5ClF2N4O. The van der Waals surface area contributed by atoms with Gasteiger partial charge in [-0.1, -0.05) is 0 Å². The molecule has 0 aliphatic carbocycles. The van der Waals surface area contributed by atoms with E-state index in [0.29, 0.717) is 0 Å². The van der Waals surface area contributed by atoms with Crippen molar-refractivity contribution in [2.45, 2.75) is 0 Å². The average molecular weight is 259 g/mol. The predicted molar refractivity (Wildman–Crippen MR) is 55.7 cm³/mol. The van der Waals surface area contributed by atoms with Crippen LogP contribution in [-0.4, -0.2) is 15.0 Å². The Morgan fingerprint density at radius 1 is 1.18 bits per heavy atom. The third-order valence-electron chi connectivity index (χ3n) is 1.70. The second-order valence-electron chi connectivity index (χ2n) is 2.92. The highest BCUT2D eigenvalue weighted by Gasteiger charge is 2.10. The minimum absolute atomic E-state index is 0.184. The Bertz CT molecular complexity index is 546. The van der Waals surface area contributed by atoms with E-state index < -0.39 is 11.6 Å². The molecule has 2 N–H and O–H groups in total. The minimum Gasteiger partial charge on any atom is -0.421 e. The van der Waals surface area contributed by atoms with Gasteiger partial charge in [0.2, 0.25) is 11.2 Å². The summed E-state index contributed by atoms with van der Waals surface area (Å²) in [6.07, 6.45) is 0. The van der Waals surface area contributed by atoms with Crippen molar-refractivity contribution in [3.8, 4) is 11.8 Å². The van der Waals surface area contributed by atoms with Crippen LogP contribution in [0.3, 0.4) is 0 Å². The van der Waals surface area contributed by atoms with Crippen LogP contribution in [0.25, 0.3) is 0 Å². The normalized spacial score (nSPS) is 10.3. The fourth-order valence-electron chi connectivity index (χ4n) is 1.05. The number of benzene rings is 1. The molecule has 0 amide bonds. The lowest BCUT2D eigenvalue weighted by Gasteiger charge is -2.05. The Morgan fingerprint density at radius 2 is 1.94 bits per heavy atom. The van der Waals surface area contributed by atoms with Gasteiger partial charge in [-0.3, -0.25) is 0 Å². The number of ether oxygens (including phenoxy) is 1. The van der Waals surface area contributed by atoms with Gasteiger partial charge >= 0.3 is 6.01 Å². The van der Waals surface area contributed by atoms with Gasteiger partial charge in [0.15, 0.2) is 11.6 Å². The monoisotopic (exact) mass is 258 g/mol. The summed E-state index contributed by atoms with van der Waals surface area (Å²) in [5.41, 5.74) is 5.29. The number of halogens is 3. The number of nitrogens with two attached hydrogens (primary N) is 1. The molecule has 5 nitrogen and oxygen atoms in total. The van der Waals surface area contributed by atoms with Crippen LogP contribution in [0.5, 0.6) is 11.8 Å². The van der Waals surface area contributed by atoms with E-state index in [4.69, 9.17) is 22.1 Å². The first-order valence-electron chi connectivity index (χ1n) is 4.34. The Labute approximate surface area is 99.2 Å². The molecule has 0 unspecified atom stereocenters. The molecule has 2 aromatic rings. The van der Waals surface area contributed by atoms with Gasteiger partial charge < -0.3 is 10.5 Å². The molecular weight excluding hydrogens is 254 g/mol.